The maximum Gasteiger partial charge on any atom is 0.472 e. The number of carbonyl (C=O) groups is 1. The predicted molar refractivity (Wildman–Crippen MR) is 201 cm³/mol. The van der Waals surface area contributed by atoms with Crippen molar-refractivity contribution >= 4 is 13.8 Å². The summed E-state index contributed by atoms with van der Waals surface area (Å²) in [5, 5.41) is 0. The van der Waals surface area contributed by atoms with Crippen LogP contribution in [0.25, 0.3) is 0 Å². The number of quaternary nitrogens is 1. The van der Waals surface area contributed by atoms with Crippen molar-refractivity contribution in [3.8, 4) is 0 Å². The van der Waals surface area contributed by atoms with E-state index in [0.717, 1.165) is 57.8 Å². The molecule has 0 spiro atoms. The van der Waals surface area contributed by atoms with Crippen LogP contribution in [0.5, 0.6) is 0 Å². The van der Waals surface area contributed by atoms with Gasteiger partial charge in [0.2, 0.25) is 0 Å². The average molecular weight is 703 g/mol. The number of nitrogens with zero attached hydrogens (tertiary/aromatic N) is 1. The zero-order valence-corrected chi connectivity index (χ0v) is 32.9. The van der Waals surface area contributed by atoms with E-state index in [9.17, 15) is 14.3 Å². The molecule has 48 heavy (non-hydrogen) atoms. The van der Waals surface area contributed by atoms with Gasteiger partial charge in [-0.25, -0.2) is 4.57 Å². The van der Waals surface area contributed by atoms with E-state index in [-0.39, 0.29) is 25.8 Å². The quantitative estimate of drug-likeness (QED) is 0.0228. The fourth-order valence-electron chi connectivity index (χ4n) is 5.17. The summed E-state index contributed by atoms with van der Waals surface area (Å²) < 4.78 is 34.8. The number of phosphoric acid groups is 1. The number of phosphoric ester groups is 1. The Morgan fingerprint density at radius 1 is 0.646 bits per heavy atom. The minimum atomic E-state index is -4.27. The summed E-state index contributed by atoms with van der Waals surface area (Å²) >= 11 is 0. The second-order valence-corrected chi connectivity index (χ2v) is 15.8. The number of unbranched alkanes of at least 4 members (excludes halogenated alkanes) is 18. The summed E-state index contributed by atoms with van der Waals surface area (Å²) in [6.07, 6.45) is 34.8. The van der Waals surface area contributed by atoms with Crippen LogP contribution in [0, 0.1) is 0 Å². The lowest BCUT2D eigenvalue weighted by atomic mass is 10.1. The predicted octanol–water partition coefficient (Wildman–Crippen LogP) is 10.9. The van der Waals surface area contributed by atoms with Gasteiger partial charge in [0.15, 0.2) is 0 Å². The highest BCUT2D eigenvalue weighted by molar-refractivity contribution is 7.47. The van der Waals surface area contributed by atoms with Crippen molar-refractivity contribution in [3.63, 3.8) is 0 Å². The third-order valence-corrected chi connectivity index (χ3v) is 9.25. The maximum absolute atomic E-state index is 12.6. The van der Waals surface area contributed by atoms with Gasteiger partial charge in [0.05, 0.1) is 34.4 Å². The molecular weight excluding hydrogens is 625 g/mol. The van der Waals surface area contributed by atoms with Crippen molar-refractivity contribution in [1.29, 1.82) is 0 Å². The van der Waals surface area contributed by atoms with E-state index in [1.807, 2.05) is 21.1 Å². The number of allylic oxidation sites excluding steroid dienone is 4. The topological polar surface area (TPSA) is 91.3 Å². The van der Waals surface area contributed by atoms with Crippen LogP contribution in [0.1, 0.15) is 162 Å². The molecule has 0 rings (SSSR count). The summed E-state index contributed by atoms with van der Waals surface area (Å²) in [7, 11) is 1.66. The monoisotopic (exact) mass is 703 g/mol. The van der Waals surface area contributed by atoms with Crippen LogP contribution >= 0.6 is 7.82 Å². The molecule has 2 atom stereocenters. The van der Waals surface area contributed by atoms with Gasteiger partial charge in [0.1, 0.15) is 19.3 Å². The average Bonchev–Trinajstić information content (AvgIpc) is 3.03. The number of carbonyl (C=O) groups excluding carboxylic acids is 1. The second-order valence-electron chi connectivity index (χ2n) is 14.3. The molecule has 284 valence electrons. The first-order valence-corrected chi connectivity index (χ1v) is 21.1. The summed E-state index contributed by atoms with van der Waals surface area (Å²) in [5.41, 5.74) is 0. The molecule has 0 saturated carbocycles. The highest BCUT2D eigenvalue weighted by Gasteiger charge is 2.26. The summed E-state index contributed by atoms with van der Waals surface area (Å²) in [6.45, 7) is 5.58. The normalized spacial score (nSPS) is 14.2. The highest BCUT2D eigenvalue weighted by atomic mass is 31.2. The summed E-state index contributed by atoms with van der Waals surface area (Å²) in [5.74, 6) is -0.328. The van der Waals surface area contributed by atoms with E-state index in [4.69, 9.17) is 18.5 Å². The first kappa shape index (κ1) is 47.0. The molecule has 0 amide bonds. The van der Waals surface area contributed by atoms with Crippen molar-refractivity contribution in [2.45, 2.75) is 168 Å². The molecule has 0 aromatic rings. The van der Waals surface area contributed by atoms with Gasteiger partial charge < -0.3 is 18.9 Å². The van der Waals surface area contributed by atoms with Crippen molar-refractivity contribution in [3.05, 3.63) is 24.3 Å². The molecule has 0 aliphatic carbocycles. The summed E-state index contributed by atoms with van der Waals surface area (Å²) in [4.78, 5) is 22.8. The van der Waals surface area contributed by atoms with Crippen LogP contribution in [-0.4, -0.2) is 75.6 Å². The molecule has 0 bridgehead atoms. The van der Waals surface area contributed by atoms with E-state index in [1.165, 1.54) is 83.5 Å². The zero-order valence-electron chi connectivity index (χ0n) is 32.0. The van der Waals surface area contributed by atoms with Crippen molar-refractivity contribution < 1.29 is 37.3 Å². The van der Waals surface area contributed by atoms with Gasteiger partial charge in [-0.05, 0) is 44.9 Å². The van der Waals surface area contributed by atoms with Gasteiger partial charge in [-0.3, -0.25) is 13.8 Å². The number of hydrogen-bond donors (Lipinski definition) is 1. The molecule has 0 aliphatic rings. The minimum Gasteiger partial charge on any atom is -0.457 e. The first-order chi connectivity index (χ1) is 23.1. The van der Waals surface area contributed by atoms with Crippen LogP contribution < -0.4 is 0 Å². The van der Waals surface area contributed by atoms with Crippen LogP contribution in [0.15, 0.2) is 24.3 Å². The SMILES string of the molecule is CCCCC/C=C\C/C=C\CCCCCCCC(=O)OC(COCCCCCCCCCCCCC)COP(=O)(O)OCC[N+](C)(C)C. The van der Waals surface area contributed by atoms with Gasteiger partial charge in [0.25, 0.3) is 0 Å². The summed E-state index contributed by atoms with van der Waals surface area (Å²) in [6, 6.07) is 0. The Morgan fingerprint density at radius 3 is 1.73 bits per heavy atom. The smallest absolute Gasteiger partial charge is 0.457 e. The molecular formula is C39H77NO7P+. The van der Waals surface area contributed by atoms with Crippen molar-refractivity contribution in [1.82, 2.24) is 0 Å². The van der Waals surface area contributed by atoms with Crippen LogP contribution in [-0.2, 0) is 27.9 Å². The third kappa shape index (κ3) is 36.3. The zero-order chi connectivity index (χ0) is 35.6. The van der Waals surface area contributed by atoms with Gasteiger partial charge >= 0.3 is 13.8 Å². The van der Waals surface area contributed by atoms with E-state index >= 15 is 0 Å². The largest absolute Gasteiger partial charge is 0.472 e. The molecule has 0 fully saturated rings. The third-order valence-electron chi connectivity index (χ3n) is 8.27. The Balaban J connectivity index is 4.31. The number of ether oxygens (including phenoxy) is 2. The second kappa shape index (κ2) is 33.1. The molecule has 8 nitrogen and oxygen atoms in total. The number of hydrogen-bond acceptors (Lipinski definition) is 6. The fourth-order valence-corrected chi connectivity index (χ4v) is 5.91. The lowest BCUT2D eigenvalue weighted by molar-refractivity contribution is -0.870. The van der Waals surface area contributed by atoms with Crippen molar-refractivity contribution in [2.24, 2.45) is 0 Å². The minimum absolute atomic E-state index is 0.0872. The van der Waals surface area contributed by atoms with Gasteiger partial charge in [0, 0.05) is 13.0 Å². The molecule has 0 radical (unpaired) electrons. The van der Waals surface area contributed by atoms with Gasteiger partial charge in [-0.2, -0.15) is 0 Å². The lowest BCUT2D eigenvalue weighted by Crippen LogP contribution is -2.37. The Labute approximate surface area is 296 Å². The molecule has 0 aromatic heterocycles. The van der Waals surface area contributed by atoms with Gasteiger partial charge in [-0.1, -0.05) is 134 Å². The standard InChI is InChI=1S/C39H76NO7P/c1-6-8-10-12-14-16-18-19-20-21-22-24-26-28-30-32-39(41)47-38(37-46-48(42,43)45-35-33-40(3,4)5)36-44-34-31-29-27-25-23-17-15-13-11-9-7-2/h14,16,19-20,38H,6-13,15,17-18,21-37H2,1-5H3/p+1/b16-14-,20-19-. The molecule has 0 aliphatic heterocycles. The Kier molecular flexibility index (Phi) is 32.4. The Morgan fingerprint density at radius 2 is 1.15 bits per heavy atom. The lowest BCUT2D eigenvalue weighted by Gasteiger charge is -2.24. The molecule has 2 unspecified atom stereocenters. The Bertz CT molecular complexity index is 828. The van der Waals surface area contributed by atoms with Crippen molar-refractivity contribution in [2.75, 3.05) is 54.1 Å². The molecule has 1 N–H and O–H groups in total. The molecule has 0 aromatic carbocycles. The Hall–Kier alpha value is -1.02. The first-order valence-electron chi connectivity index (χ1n) is 19.6. The molecule has 0 heterocycles. The van der Waals surface area contributed by atoms with E-state index in [0.29, 0.717) is 24.1 Å². The van der Waals surface area contributed by atoms with Crippen LogP contribution in [0.4, 0.5) is 0 Å². The maximum atomic E-state index is 12.6. The van der Waals surface area contributed by atoms with Crippen LogP contribution in [0.3, 0.4) is 0 Å². The number of rotatable bonds is 36. The van der Waals surface area contributed by atoms with E-state index in [2.05, 4.69) is 38.2 Å². The van der Waals surface area contributed by atoms with Crippen LogP contribution in [0.2, 0.25) is 0 Å². The van der Waals surface area contributed by atoms with E-state index in [1.54, 1.807) is 0 Å². The van der Waals surface area contributed by atoms with E-state index < -0.39 is 13.9 Å². The number of likely N-dealkylation sites (N-methyl/N-ethyl adjacent to an activating group) is 1. The highest BCUT2D eigenvalue weighted by Crippen LogP contribution is 2.43. The number of esters is 1. The fraction of sp³-hybridized carbons (Fsp3) is 0.872. The molecule has 0 saturated heterocycles. The molecule has 9 heteroatoms. The van der Waals surface area contributed by atoms with Gasteiger partial charge in [-0.15, -0.1) is 0 Å².